The number of nitrogens with zero attached hydrogens (tertiary/aromatic N) is 2. The fraction of sp³-hybridized carbons (Fsp3) is 0.208. The minimum absolute atomic E-state index is 0.487. The predicted octanol–water partition coefficient (Wildman–Crippen LogP) is 3.86. The van der Waals surface area contributed by atoms with Crippen LogP contribution in [0.3, 0.4) is 0 Å². The largest absolute Gasteiger partial charge is 0.390 e. The summed E-state index contributed by atoms with van der Waals surface area (Å²) in [7, 11) is 0. The Balaban J connectivity index is 1.25. The number of hydrogen-bond acceptors (Lipinski definition) is 3. The molecule has 0 fully saturated rings. The highest BCUT2D eigenvalue weighted by Crippen LogP contribution is 2.27. The lowest BCUT2D eigenvalue weighted by Crippen LogP contribution is -2.31. The third-order valence-electron chi connectivity index (χ3n) is 5.55. The molecule has 0 aliphatic heterocycles. The zero-order valence-electron chi connectivity index (χ0n) is 16.2. The third kappa shape index (κ3) is 3.39. The van der Waals surface area contributed by atoms with Crippen LogP contribution in [0.15, 0.2) is 73.1 Å². The highest BCUT2D eigenvalue weighted by Gasteiger charge is 2.14. The minimum Gasteiger partial charge on any atom is -0.390 e. The molecule has 1 atom stereocenters. The SMILES string of the molecule is OC(CNCCc1c[nH]c2ccccc12)Cn1c2ccccc2c2cccnc21. The zero-order valence-corrected chi connectivity index (χ0v) is 16.2. The molecule has 3 heterocycles. The monoisotopic (exact) mass is 384 g/mol. The summed E-state index contributed by atoms with van der Waals surface area (Å²) in [4.78, 5) is 7.87. The van der Waals surface area contributed by atoms with Crippen LogP contribution < -0.4 is 5.32 Å². The van der Waals surface area contributed by atoms with Gasteiger partial charge in [-0.2, -0.15) is 0 Å². The van der Waals surface area contributed by atoms with Crippen molar-refractivity contribution in [3.8, 4) is 0 Å². The molecule has 29 heavy (non-hydrogen) atoms. The molecule has 5 aromatic rings. The Bertz CT molecular complexity index is 1220. The van der Waals surface area contributed by atoms with Crippen LogP contribution in [0.25, 0.3) is 32.8 Å². The van der Waals surface area contributed by atoms with Gasteiger partial charge >= 0.3 is 0 Å². The highest BCUT2D eigenvalue weighted by molar-refractivity contribution is 6.06. The molecule has 0 aliphatic rings. The number of benzene rings is 2. The van der Waals surface area contributed by atoms with Gasteiger partial charge in [0.2, 0.25) is 0 Å². The molecule has 0 saturated carbocycles. The Kier molecular flexibility index (Phi) is 4.76. The third-order valence-corrected chi connectivity index (χ3v) is 5.55. The molecule has 0 bridgehead atoms. The molecule has 0 saturated heterocycles. The molecule has 5 nitrogen and oxygen atoms in total. The summed E-state index contributed by atoms with van der Waals surface area (Å²) < 4.78 is 2.12. The molecule has 0 spiro atoms. The zero-order chi connectivity index (χ0) is 19.6. The van der Waals surface area contributed by atoms with Crippen molar-refractivity contribution in [2.24, 2.45) is 0 Å². The number of nitrogens with one attached hydrogen (secondary N) is 2. The van der Waals surface area contributed by atoms with Gasteiger partial charge in [-0.15, -0.1) is 0 Å². The molecular formula is C24H24N4O. The molecule has 2 aromatic carbocycles. The van der Waals surface area contributed by atoms with Crippen molar-refractivity contribution in [2.75, 3.05) is 13.1 Å². The van der Waals surface area contributed by atoms with Gasteiger partial charge in [-0.1, -0.05) is 36.4 Å². The van der Waals surface area contributed by atoms with E-state index < -0.39 is 6.10 Å². The van der Waals surface area contributed by atoms with E-state index in [-0.39, 0.29) is 0 Å². The van der Waals surface area contributed by atoms with E-state index in [0.717, 1.165) is 29.5 Å². The summed E-state index contributed by atoms with van der Waals surface area (Å²) in [6.07, 6.45) is 4.32. The number of aliphatic hydroxyl groups excluding tert-OH is 1. The first-order valence-corrected chi connectivity index (χ1v) is 10.1. The van der Waals surface area contributed by atoms with Gasteiger partial charge in [-0.3, -0.25) is 0 Å². The lowest BCUT2D eigenvalue weighted by molar-refractivity contribution is 0.154. The van der Waals surface area contributed by atoms with Gasteiger partial charge in [-0.05, 0) is 42.8 Å². The average Bonchev–Trinajstić information content (AvgIpc) is 3.31. The minimum atomic E-state index is -0.487. The summed E-state index contributed by atoms with van der Waals surface area (Å²) in [5.41, 5.74) is 4.50. The molecule has 3 aromatic heterocycles. The Hall–Kier alpha value is -3.15. The number of H-pyrrole nitrogens is 1. The van der Waals surface area contributed by atoms with E-state index in [1.807, 2.05) is 30.5 Å². The van der Waals surface area contributed by atoms with Crippen molar-refractivity contribution in [3.63, 3.8) is 0 Å². The Morgan fingerprint density at radius 2 is 1.76 bits per heavy atom. The number of pyridine rings is 1. The number of hydrogen-bond donors (Lipinski definition) is 3. The standard InChI is InChI=1S/C24H24N4O/c29-18(15-25-13-11-17-14-27-22-9-3-1-6-19(17)22)16-28-23-10-4-2-7-20(23)21-8-5-12-26-24(21)28/h1-10,12,14,18,25,27,29H,11,13,15-16H2. The van der Waals surface area contributed by atoms with Crippen LogP contribution in [0.5, 0.6) is 0 Å². The molecule has 0 aliphatic carbocycles. The van der Waals surface area contributed by atoms with E-state index in [2.05, 4.69) is 62.4 Å². The predicted molar refractivity (Wildman–Crippen MR) is 118 cm³/mol. The van der Waals surface area contributed by atoms with Crippen molar-refractivity contribution >= 4 is 32.8 Å². The maximum absolute atomic E-state index is 10.7. The Labute approximate surface area is 169 Å². The number of rotatable bonds is 7. The average molecular weight is 384 g/mol. The molecule has 0 amide bonds. The molecule has 1 unspecified atom stereocenters. The Morgan fingerprint density at radius 1 is 0.966 bits per heavy atom. The topological polar surface area (TPSA) is 65.9 Å². The second-order valence-electron chi connectivity index (χ2n) is 7.47. The van der Waals surface area contributed by atoms with E-state index in [4.69, 9.17) is 0 Å². The summed E-state index contributed by atoms with van der Waals surface area (Å²) in [5, 5.41) is 17.6. The van der Waals surface area contributed by atoms with E-state index >= 15 is 0 Å². The van der Waals surface area contributed by atoms with Gasteiger partial charge in [0.05, 0.1) is 18.2 Å². The lowest BCUT2D eigenvalue weighted by atomic mass is 10.1. The van der Waals surface area contributed by atoms with Gasteiger partial charge in [0, 0.05) is 40.6 Å². The maximum atomic E-state index is 10.7. The van der Waals surface area contributed by atoms with Gasteiger partial charge in [0.1, 0.15) is 5.65 Å². The number of fused-ring (bicyclic) bond motifs is 4. The summed E-state index contributed by atoms with van der Waals surface area (Å²) >= 11 is 0. The first-order valence-electron chi connectivity index (χ1n) is 10.1. The molecule has 0 radical (unpaired) electrons. The molecule has 5 rings (SSSR count). The van der Waals surface area contributed by atoms with Crippen molar-refractivity contribution in [3.05, 3.63) is 78.6 Å². The van der Waals surface area contributed by atoms with Crippen LogP contribution in [-0.4, -0.2) is 38.8 Å². The van der Waals surface area contributed by atoms with E-state index in [9.17, 15) is 5.11 Å². The number of aromatic nitrogens is 3. The molecular weight excluding hydrogens is 360 g/mol. The van der Waals surface area contributed by atoms with E-state index in [0.29, 0.717) is 13.1 Å². The van der Waals surface area contributed by atoms with Gasteiger partial charge in [0.15, 0.2) is 0 Å². The fourth-order valence-corrected chi connectivity index (χ4v) is 4.16. The van der Waals surface area contributed by atoms with Crippen molar-refractivity contribution < 1.29 is 5.11 Å². The quantitative estimate of drug-likeness (QED) is 0.373. The number of aromatic amines is 1. The molecule has 3 N–H and O–H groups in total. The summed E-state index contributed by atoms with van der Waals surface area (Å²) in [6.45, 7) is 1.88. The number of para-hydroxylation sites is 2. The van der Waals surface area contributed by atoms with E-state index in [1.165, 1.54) is 21.9 Å². The van der Waals surface area contributed by atoms with Crippen LogP contribution in [-0.2, 0) is 13.0 Å². The normalized spacial score (nSPS) is 12.9. The fourth-order valence-electron chi connectivity index (χ4n) is 4.16. The first kappa shape index (κ1) is 17.9. The Morgan fingerprint density at radius 3 is 2.69 bits per heavy atom. The summed E-state index contributed by atoms with van der Waals surface area (Å²) in [5.74, 6) is 0. The molecule has 5 heteroatoms. The second-order valence-corrected chi connectivity index (χ2v) is 7.47. The number of aliphatic hydroxyl groups is 1. The smallest absolute Gasteiger partial charge is 0.141 e. The van der Waals surface area contributed by atoms with E-state index in [1.54, 1.807) is 0 Å². The van der Waals surface area contributed by atoms with Crippen molar-refractivity contribution in [2.45, 2.75) is 19.1 Å². The van der Waals surface area contributed by atoms with Crippen molar-refractivity contribution in [1.82, 2.24) is 19.9 Å². The van der Waals surface area contributed by atoms with Gasteiger partial charge < -0.3 is 20.0 Å². The second kappa shape index (κ2) is 7.70. The van der Waals surface area contributed by atoms with Crippen LogP contribution in [0, 0.1) is 0 Å². The van der Waals surface area contributed by atoms with Crippen LogP contribution >= 0.6 is 0 Å². The van der Waals surface area contributed by atoms with Gasteiger partial charge in [0.25, 0.3) is 0 Å². The lowest BCUT2D eigenvalue weighted by Gasteiger charge is -2.14. The maximum Gasteiger partial charge on any atom is 0.141 e. The molecule has 146 valence electrons. The van der Waals surface area contributed by atoms with Crippen LogP contribution in [0.4, 0.5) is 0 Å². The van der Waals surface area contributed by atoms with Gasteiger partial charge in [-0.25, -0.2) is 4.98 Å². The summed E-state index contributed by atoms with van der Waals surface area (Å²) in [6, 6.07) is 20.7. The highest BCUT2D eigenvalue weighted by atomic mass is 16.3. The van der Waals surface area contributed by atoms with Crippen LogP contribution in [0.1, 0.15) is 5.56 Å². The van der Waals surface area contributed by atoms with Crippen LogP contribution in [0.2, 0.25) is 0 Å². The van der Waals surface area contributed by atoms with Crippen molar-refractivity contribution in [1.29, 1.82) is 0 Å². The first-order chi connectivity index (χ1) is 14.3.